The summed E-state index contributed by atoms with van der Waals surface area (Å²) in [6.07, 6.45) is 3.73. The molecule has 0 saturated carbocycles. The Bertz CT molecular complexity index is 378. The van der Waals surface area contributed by atoms with E-state index in [1.807, 2.05) is 6.07 Å². The Hall–Kier alpha value is -1.22. The summed E-state index contributed by atoms with van der Waals surface area (Å²) in [7, 11) is 1.65. The summed E-state index contributed by atoms with van der Waals surface area (Å²) in [5, 5.41) is 9.87. The van der Waals surface area contributed by atoms with Crippen LogP contribution in [0.25, 0.3) is 0 Å². The van der Waals surface area contributed by atoms with Gasteiger partial charge in [0.1, 0.15) is 11.5 Å². The fourth-order valence-electron chi connectivity index (χ4n) is 2.60. The molecule has 2 rings (SSSR count). The van der Waals surface area contributed by atoms with E-state index in [-0.39, 0.29) is 0 Å². The molecule has 3 nitrogen and oxygen atoms in total. The first-order valence-electron chi connectivity index (χ1n) is 6.34. The quantitative estimate of drug-likeness (QED) is 0.871. The molecule has 1 heterocycles. The van der Waals surface area contributed by atoms with Crippen LogP contribution in [0.2, 0.25) is 0 Å². The van der Waals surface area contributed by atoms with Gasteiger partial charge in [-0.05, 0) is 44.0 Å². The molecule has 1 atom stereocenters. The summed E-state index contributed by atoms with van der Waals surface area (Å²) < 4.78 is 5.20. The monoisotopic (exact) mass is 235 g/mol. The fourth-order valence-corrected chi connectivity index (χ4v) is 2.60. The van der Waals surface area contributed by atoms with Crippen LogP contribution in [0.1, 0.15) is 31.7 Å². The van der Waals surface area contributed by atoms with Crippen molar-refractivity contribution < 1.29 is 9.84 Å². The number of phenols is 1. The number of nitrogens with zero attached hydrogens (tertiary/aromatic N) is 1. The number of hydrogen-bond donors (Lipinski definition) is 1. The van der Waals surface area contributed by atoms with E-state index >= 15 is 0 Å². The molecule has 94 valence electrons. The molecule has 0 spiro atoms. The van der Waals surface area contributed by atoms with Crippen molar-refractivity contribution in [2.45, 2.75) is 38.8 Å². The minimum absolute atomic E-state index is 0.368. The highest BCUT2D eigenvalue weighted by Gasteiger charge is 2.23. The number of methoxy groups -OCH3 is 1. The highest BCUT2D eigenvalue weighted by Crippen LogP contribution is 2.28. The first kappa shape index (κ1) is 12.2. The Balaban J connectivity index is 2.12. The summed E-state index contributed by atoms with van der Waals surface area (Å²) in [6.45, 7) is 4.19. The molecule has 0 radical (unpaired) electrons. The Morgan fingerprint density at radius 3 is 3.00 bits per heavy atom. The molecule has 0 bridgehead atoms. The number of hydrogen-bond acceptors (Lipinski definition) is 3. The van der Waals surface area contributed by atoms with E-state index in [9.17, 15) is 5.11 Å². The first-order valence-corrected chi connectivity index (χ1v) is 6.34. The molecule has 1 aliphatic rings. The van der Waals surface area contributed by atoms with E-state index in [4.69, 9.17) is 4.74 Å². The molecule has 0 aromatic heterocycles. The predicted octanol–water partition coefficient (Wildman–Crippen LogP) is 2.78. The first-order chi connectivity index (χ1) is 8.24. The van der Waals surface area contributed by atoms with Gasteiger partial charge in [0, 0.05) is 18.2 Å². The number of aromatic hydroxyl groups is 1. The van der Waals surface area contributed by atoms with Gasteiger partial charge < -0.3 is 9.84 Å². The van der Waals surface area contributed by atoms with Crippen LogP contribution in [0.5, 0.6) is 11.5 Å². The second kappa shape index (κ2) is 5.41. The Morgan fingerprint density at radius 1 is 1.47 bits per heavy atom. The lowest BCUT2D eigenvalue weighted by Gasteiger charge is -2.23. The molecule has 1 aromatic carbocycles. The zero-order valence-corrected chi connectivity index (χ0v) is 10.6. The van der Waals surface area contributed by atoms with Crippen LogP contribution in [0.15, 0.2) is 18.2 Å². The Labute approximate surface area is 103 Å². The molecule has 1 aromatic rings. The third-order valence-electron chi connectivity index (χ3n) is 3.63. The number of rotatable bonds is 4. The van der Waals surface area contributed by atoms with Crippen LogP contribution in [-0.4, -0.2) is 29.7 Å². The molecule has 0 aliphatic carbocycles. The van der Waals surface area contributed by atoms with Crippen molar-refractivity contribution in [2.24, 2.45) is 0 Å². The van der Waals surface area contributed by atoms with Gasteiger partial charge in [0.25, 0.3) is 0 Å². The lowest BCUT2D eigenvalue weighted by Crippen LogP contribution is -2.28. The van der Waals surface area contributed by atoms with Gasteiger partial charge in [-0.1, -0.05) is 6.92 Å². The van der Waals surface area contributed by atoms with E-state index in [2.05, 4.69) is 11.8 Å². The predicted molar refractivity (Wildman–Crippen MR) is 68.4 cm³/mol. The summed E-state index contributed by atoms with van der Waals surface area (Å²) in [5.74, 6) is 1.18. The third-order valence-corrected chi connectivity index (χ3v) is 3.63. The minimum atomic E-state index is 0.368. The van der Waals surface area contributed by atoms with Gasteiger partial charge in [-0.15, -0.1) is 0 Å². The van der Waals surface area contributed by atoms with E-state index in [0.29, 0.717) is 11.8 Å². The average Bonchev–Trinajstić information content (AvgIpc) is 2.79. The molecule has 1 saturated heterocycles. The fraction of sp³-hybridized carbons (Fsp3) is 0.571. The molecule has 0 amide bonds. The number of benzene rings is 1. The van der Waals surface area contributed by atoms with Crippen LogP contribution in [0.3, 0.4) is 0 Å². The van der Waals surface area contributed by atoms with Crippen LogP contribution in [0, 0.1) is 0 Å². The maximum Gasteiger partial charge on any atom is 0.120 e. The van der Waals surface area contributed by atoms with Gasteiger partial charge in [0.2, 0.25) is 0 Å². The van der Waals surface area contributed by atoms with Crippen LogP contribution < -0.4 is 4.74 Å². The summed E-state index contributed by atoms with van der Waals surface area (Å²) >= 11 is 0. The molecule has 17 heavy (non-hydrogen) atoms. The summed E-state index contributed by atoms with van der Waals surface area (Å²) in [5.41, 5.74) is 0.963. The average molecular weight is 235 g/mol. The van der Waals surface area contributed by atoms with Gasteiger partial charge >= 0.3 is 0 Å². The standard InChI is InChI=1S/C14H21NO2/c1-3-12-5-4-8-15(12)10-11-9-13(17-2)6-7-14(11)16/h6-7,9,12,16H,3-5,8,10H2,1-2H3. The lowest BCUT2D eigenvalue weighted by atomic mass is 10.1. The van der Waals surface area contributed by atoms with Gasteiger partial charge in [-0.3, -0.25) is 4.90 Å². The second-order valence-electron chi connectivity index (χ2n) is 4.67. The third kappa shape index (κ3) is 2.72. The summed E-state index contributed by atoms with van der Waals surface area (Å²) in [4.78, 5) is 2.45. The second-order valence-corrected chi connectivity index (χ2v) is 4.67. The van der Waals surface area contributed by atoms with Gasteiger partial charge in [0.05, 0.1) is 7.11 Å². The Morgan fingerprint density at radius 2 is 2.29 bits per heavy atom. The van der Waals surface area contributed by atoms with E-state index in [1.165, 1.54) is 19.3 Å². The van der Waals surface area contributed by atoms with Crippen molar-refractivity contribution in [1.82, 2.24) is 4.90 Å². The number of phenolic OH excluding ortho intramolecular Hbond substituents is 1. The van der Waals surface area contributed by atoms with E-state index < -0.39 is 0 Å². The van der Waals surface area contributed by atoms with Crippen molar-refractivity contribution in [2.75, 3.05) is 13.7 Å². The molecule has 1 N–H and O–H groups in total. The molecule has 1 fully saturated rings. The molecule has 1 aliphatic heterocycles. The molecular formula is C14H21NO2. The van der Waals surface area contributed by atoms with E-state index in [0.717, 1.165) is 24.4 Å². The highest BCUT2D eigenvalue weighted by molar-refractivity contribution is 5.39. The SMILES string of the molecule is CCC1CCCN1Cc1cc(OC)ccc1O. The van der Waals surface area contributed by atoms with Crippen LogP contribution >= 0.6 is 0 Å². The maximum atomic E-state index is 9.87. The smallest absolute Gasteiger partial charge is 0.120 e. The van der Waals surface area contributed by atoms with Crippen LogP contribution in [0.4, 0.5) is 0 Å². The van der Waals surface area contributed by atoms with Crippen molar-refractivity contribution in [3.63, 3.8) is 0 Å². The number of likely N-dealkylation sites (tertiary alicyclic amines) is 1. The maximum absolute atomic E-state index is 9.87. The van der Waals surface area contributed by atoms with Crippen molar-refractivity contribution in [1.29, 1.82) is 0 Å². The van der Waals surface area contributed by atoms with Crippen molar-refractivity contribution in [3.05, 3.63) is 23.8 Å². The largest absolute Gasteiger partial charge is 0.508 e. The van der Waals surface area contributed by atoms with Crippen LogP contribution in [-0.2, 0) is 6.54 Å². The lowest BCUT2D eigenvalue weighted by molar-refractivity contribution is 0.236. The van der Waals surface area contributed by atoms with Crippen molar-refractivity contribution >= 4 is 0 Å². The van der Waals surface area contributed by atoms with Gasteiger partial charge in [-0.25, -0.2) is 0 Å². The number of ether oxygens (including phenoxy) is 1. The van der Waals surface area contributed by atoms with Crippen molar-refractivity contribution in [3.8, 4) is 11.5 Å². The van der Waals surface area contributed by atoms with E-state index in [1.54, 1.807) is 19.2 Å². The Kier molecular flexibility index (Phi) is 3.89. The molecule has 1 unspecified atom stereocenters. The normalized spacial score (nSPS) is 20.7. The topological polar surface area (TPSA) is 32.7 Å². The molecule has 3 heteroatoms. The molecular weight excluding hydrogens is 214 g/mol. The van der Waals surface area contributed by atoms with Gasteiger partial charge in [0.15, 0.2) is 0 Å². The zero-order valence-electron chi connectivity index (χ0n) is 10.6. The summed E-state index contributed by atoms with van der Waals surface area (Å²) in [6, 6.07) is 6.10. The highest BCUT2D eigenvalue weighted by atomic mass is 16.5. The zero-order chi connectivity index (χ0) is 12.3. The minimum Gasteiger partial charge on any atom is -0.508 e. The van der Waals surface area contributed by atoms with Gasteiger partial charge in [-0.2, -0.15) is 0 Å².